The van der Waals surface area contributed by atoms with Gasteiger partial charge in [-0.25, -0.2) is 0 Å². The fraction of sp³-hybridized carbons (Fsp3) is 1.00. The van der Waals surface area contributed by atoms with Crippen LogP contribution in [-0.4, -0.2) is 62.7 Å². The zero-order valence-electron chi connectivity index (χ0n) is 10.2. The van der Waals surface area contributed by atoms with Crippen LogP contribution in [0.5, 0.6) is 0 Å². The Bertz CT molecular complexity index is 187. The van der Waals surface area contributed by atoms with Crippen molar-refractivity contribution in [1.82, 2.24) is 15.1 Å². The molecule has 2 aliphatic heterocycles. The van der Waals surface area contributed by atoms with Crippen LogP contribution in [-0.2, 0) is 0 Å². The normalized spacial score (nSPS) is 33.8. The van der Waals surface area contributed by atoms with Gasteiger partial charge in [0.05, 0.1) is 0 Å². The van der Waals surface area contributed by atoms with Crippen molar-refractivity contribution in [2.24, 2.45) is 5.92 Å². The average Bonchev–Trinajstić information content (AvgIpc) is 2.67. The van der Waals surface area contributed by atoms with E-state index in [4.69, 9.17) is 0 Å². The number of rotatable bonds is 3. The van der Waals surface area contributed by atoms with Crippen LogP contribution in [0.1, 0.15) is 19.3 Å². The van der Waals surface area contributed by atoms with Gasteiger partial charge in [0, 0.05) is 25.7 Å². The molecule has 0 spiro atoms. The van der Waals surface area contributed by atoms with E-state index in [9.17, 15) is 0 Å². The fourth-order valence-corrected chi connectivity index (χ4v) is 3.00. The highest BCUT2D eigenvalue weighted by atomic mass is 15.2. The van der Waals surface area contributed by atoms with E-state index in [-0.39, 0.29) is 0 Å². The van der Waals surface area contributed by atoms with E-state index in [1.165, 1.54) is 52.0 Å². The third kappa shape index (κ3) is 3.16. The van der Waals surface area contributed by atoms with E-state index in [2.05, 4.69) is 29.2 Å². The van der Waals surface area contributed by atoms with Gasteiger partial charge in [0.1, 0.15) is 0 Å². The van der Waals surface area contributed by atoms with Gasteiger partial charge in [-0.15, -0.1) is 0 Å². The summed E-state index contributed by atoms with van der Waals surface area (Å²) < 4.78 is 0. The Morgan fingerprint density at radius 1 is 1.33 bits per heavy atom. The average molecular weight is 211 g/mol. The van der Waals surface area contributed by atoms with Crippen LogP contribution in [0, 0.1) is 5.92 Å². The predicted octanol–water partition coefficient (Wildman–Crippen LogP) is 0.622. The highest BCUT2D eigenvalue weighted by Crippen LogP contribution is 2.21. The zero-order chi connectivity index (χ0) is 10.7. The van der Waals surface area contributed by atoms with E-state index in [1.54, 1.807) is 0 Å². The van der Waals surface area contributed by atoms with Gasteiger partial charge in [0.25, 0.3) is 0 Å². The molecule has 0 aromatic heterocycles. The van der Waals surface area contributed by atoms with Crippen molar-refractivity contribution in [2.75, 3.05) is 46.8 Å². The minimum absolute atomic E-state index is 0.825. The highest BCUT2D eigenvalue weighted by molar-refractivity contribution is 4.85. The molecule has 2 aliphatic rings. The van der Waals surface area contributed by atoms with Crippen molar-refractivity contribution in [3.05, 3.63) is 0 Å². The summed E-state index contributed by atoms with van der Waals surface area (Å²) in [4.78, 5) is 5.04. The first-order valence-corrected chi connectivity index (χ1v) is 6.35. The Labute approximate surface area is 93.8 Å². The first-order valence-electron chi connectivity index (χ1n) is 6.35. The van der Waals surface area contributed by atoms with Gasteiger partial charge >= 0.3 is 0 Å². The summed E-state index contributed by atoms with van der Waals surface area (Å²) in [7, 11) is 4.37. The maximum atomic E-state index is 3.52. The molecule has 2 saturated heterocycles. The summed E-state index contributed by atoms with van der Waals surface area (Å²) in [6.45, 7) is 6.35. The zero-order valence-corrected chi connectivity index (χ0v) is 10.2. The number of piperidine rings is 1. The molecule has 3 nitrogen and oxygen atoms in total. The Morgan fingerprint density at radius 2 is 2.20 bits per heavy atom. The van der Waals surface area contributed by atoms with Gasteiger partial charge < -0.3 is 10.2 Å². The molecule has 15 heavy (non-hydrogen) atoms. The lowest BCUT2D eigenvalue weighted by Gasteiger charge is -2.31. The Morgan fingerprint density at radius 3 is 2.87 bits per heavy atom. The van der Waals surface area contributed by atoms with E-state index in [1.807, 2.05) is 0 Å². The largest absolute Gasteiger partial charge is 0.315 e. The summed E-state index contributed by atoms with van der Waals surface area (Å²) in [5.74, 6) is 0.905. The second kappa shape index (κ2) is 5.28. The molecule has 1 N–H and O–H groups in total. The Balaban J connectivity index is 1.76. The van der Waals surface area contributed by atoms with Gasteiger partial charge in [0.15, 0.2) is 0 Å². The number of hydrogen-bond acceptors (Lipinski definition) is 3. The molecular formula is C12H25N3. The van der Waals surface area contributed by atoms with Gasteiger partial charge in [-0.2, -0.15) is 0 Å². The van der Waals surface area contributed by atoms with Crippen molar-refractivity contribution in [2.45, 2.75) is 25.3 Å². The maximum Gasteiger partial charge on any atom is 0.0221 e. The van der Waals surface area contributed by atoms with Crippen molar-refractivity contribution >= 4 is 0 Å². The molecule has 3 heteroatoms. The molecule has 0 bridgehead atoms. The molecule has 0 aliphatic carbocycles. The lowest BCUT2D eigenvalue weighted by molar-refractivity contribution is 0.191. The summed E-state index contributed by atoms with van der Waals surface area (Å²) in [6, 6.07) is 0.825. The molecular weight excluding hydrogens is 186 g/mol. The van der Waals surface area contributed by atoms with E-state index >= 15 is 0 Å². The van der Waals surface area contributed by atoms with Crippen molar-refractivity contribution < 1.29 is 0 Å². The first-order chi connectivity index (χ1) is 7.25. The summed E-state index contributed by atoms with van der Waals surface area (Å²) in [6.07, 6.45) is 4.16. The third-order valence-corrected chi connectivity index (χ3v) is 3.73. The Hall–Kier alpha value is -0.120. The van der Waals surface area contributed by atoms with Crippen LogP contribution in [0.3, 0.4) is 0 Å². The second-order valence-corrected chi connectivity index (χ2v) is 5.41. The third-order valence-electron chi connectivity index (χ3n) is 3.73. The van der Waals surface area contributed by atoms with Gasteiger partial charge in [0.2, 0.25) is 0 Å². The van der Waals surface area contributed by atoms with Crippen LogP contribution >= 0.6 is 0 Å². The molecule has 0 amide bonds. The van der Waals surface area contributed by atoms with Crippen molar-refractivity contribution in [1.29, 1.82) is 0 Å². The molecule has 2 unspecified atom stereocenters. The van der Waals surface area contributed by atoms with Gasteiger partial charge in [-0.3, -0.25) is 4.90 Å². The molecule has 88 valence electrons. The minimum atomic E-state index is 0.825. The lowest BCUT2D eigenvalue weighted by atomic mass is 10.1. The van der Waals surface area contributed by atoms with Crippen LogP contribution in [0.4, 0.5) is 0 Å². The summed E-state index contributed by atoms with van der Waals surface area (Å²) in [5, 5.41) is 3.52. The molecule has 0 aromatic carbocycles. The Kier molecular flexibility index (Phi) is 4.00. The summed E-state index contributed by atoms with van der Waals surface area (Å²) >= 11 is 0. The lowest BCUT2D eigenvalue weighted by Crippen LogP contribution is -2.45. The van der Waals surface area contributed by atoms with Crippen LogP contribution in [0.15, 0.2) is 0 Å². The molecule has 0 saturated carbocycles. The molecule has 0 radical (unpaired) electrons. The maximum absolute atomic E-state index is 3.52. The smallest absolute Gasteiger partial charge is 0.0221 e. The van der Waals surface area contributed by atoms with E-state index < -0.39 is 0 Å². The van der Waals surface area contributed by atoms with E-state index in [0.717, 1.165) is 12.0 Å². The molecule has 2 rings (SSSR count). The molecule has 2 fully saturated rings. The van der Waals surface area contributed by atoms with Gasteiger partial charge in [-0.1, -0.05) is 0 Å². The number of likely N-dealkylation sites (tertiary alicyclic amines) is 1. The fourth-order valence-electron chi connectivity index (χ4n) is 3.00. The van der Waals surface area contributed by atoms with E-state index in [0.29, 0.717) is 0 Å². The quantitative estimate of drug-likeness (QED) is 0.738. The first kappa shape index (κ1) is 11.4. The second-order valence-electron chi connectivity index (χ2n) is 5.41. The summed E-state index contributed by atoms with van der Waals surface area (Å²) in [5.41, 5.74) is 0. The van der Waals surface area contributed by atoms with Crippen LogP contribution in [0.25, 0.3) is 0 Å². The number of nitrogens with zero attached hydrogens (tertiary/aromatic N) is 2. The molecule has 2 atom stereocenters. The molecule has 2 heterocycles. The minimum Gasteiger partial charge on any atom is -0.315 e. The predicted molar refractivity (Wildman–Crippen MR) is 64.1 cm³/mol. The SMILES string of the molecule is CN(C)CC1CCN(C2CCCNC2)C1. The topological polar surface area (TPSA) is 18.5 Å². The van der Waals surface area contributed by atoms with Crippen LogP contribution in [0.2, 0.25) is 0 Å². The van der Waals surface area contributed by atoms with Crippen LogP contribution < -0.4 is 5.32 Å². The van der Waals surface area contributed by atoms with Gasteiger partial charge in [-0.05, 0) is 52.4 Å². The molecule has 0 aromatic rings. The highest BCUT2D eigenvalue weighted by Gasteiger charge is 2.28. The van der Waals surface area contributed by atoms with Crippen molar-refractivity contribution in [3.8, 4) is 0 Å². The number of nitrogens with one attached hydrogen (secondary N) is 1. The standard InChI is InChI=1S/C12H25N3/c1-14(2)9-11-5-7-15(10-11)12-4-3-6-13-8-12/h11-13H,3-10H2,1-2H3. The monoisotopic (exact) mass is 211 g/mol. The van der Waals surface area contributed by atoms with Crippen molar-refractivity contribution in [3.63, 3.8) is 0 Å². The number of hydrogen-bond donors (Lipinski definition) is 1.